The van der Waals surface area contributed by atoms with Crippen molar-refractivity contribution in [2.75, 3.05) is 40.8 Å². The molecule has 1 aliphatic heterocycles. The maximum absolute atomic E-state index is 12.8. The summed E-state index contributed by atoms with van der Waals surface area (Å²) in [5.74, 6) is 0.577. The highest BCUT2D eigenvalue weighted by molar-refractivity contribution is 5.88. The van der Waals surface area contributed by atoms with Crippen LogP contribution in [0, 0.1) is 11.3 Å². The highest BCUT2D eigenvalue weighted by Crippen LogP contribution is 2.44. The standard InChI is InChI=1S/C14H25N3O2/c1-16(2)12(18)9-17(3)13(19)14-7-5-4-6-11(14)8-15-10-14/h11,15H,4-10H2,1-3H3/t11-,14+/m0/s1. The lowest BCUT2D eigenvalue weighted by Crippen LogP contribution is -2.50. The summed E-state index contributed by atoms with van der Waals surface area (Å²) < 4.78 is 0. The highest BCUT2D eigenvalue weighted by atomic mass is 16.2. The number of carbonyl (C=O) groups excluding carboxylic acids is 2. The van der Waals surface area contributed by atoms with Crippen LogP contribution in [0.3, 0.4) is 0 Å². The largest absolute Gasteiger partial charge is 0.347 e. The molecule has 1 saturated heterocycles. The summed E-state index contributed by atoms with van der Waals surface area (Å²) in [7, 11) is 5.20. The fourth-order valence-corrected chi connectivity index (χ4v) is 3.46. The zero-order valence-corrected chi connectivity index (χ0v) is 12.2. The molecule has 5 heteroatoms. The molecule has 0 aromatic rings. The molecule has 5 nitrogen and oxygen atoms in total. The van der Waals surface area contributed by atoms with E-state index in [1.165, 1.54) is 11.3 Å². The minimum absolute atomic E-state index is 0.0226. The molecule has 0 bridgehead atoms. The zero-order valence-electron chi connectivity index (χ0n) is 12.2. The van der Waals surface area contributed by atoms with E-state index in [1.807, 2.05) is 0 Å². The summed E-state index contributed by atoms with van der Waals surface area (Å²) in [6.45, 7) is 1.90. The Morgan fingerprint density at radius 3 is 2.68 bits per heavy atom. The van der Waals surface area contributed by atoms with Gasteiger partial charge in [0.15, 0.2) is 0 Å². The van der Waals surface area contributed by atoms with Gasteiger partial charge in [0.2, 0.25) is 11.8 Å². The van der Waals surface area contributed by atoms with Crippen molar-refractivity contribution in [3.05, 3.63) is 0 Å². The van der Waals surface area contributed by atoms with Crippen LogP contribution in [0.15, 0.2) is 0 Å². The first kappa shape index (κ1) is 14.3. The molecule has 2 aliphatic rings. The Kier molecular flexibility index (Phi) is 4.13. The van der Waals surface area contributed by atoms with E-state index < -0.39 is 0 Å². The molecule has 0 aromatic heterocycles. The van der Waals surface area contributed by atoms with Crippen LogP contribution in [-0.4, -0.2) is 62.4 Å². The second-order valence-corrected chi connectivity index (χ2v) is 6.18. The number of hydrogen-bond acceptors (Lipinski definition) is 3. The number of rotatable bonds is 3. The van der Waals surface area contributed by atoms with E-state index in [9.17, 15) is 9.59 Å². The number of carbonyl (C=O) groups is 2. The molecule has 1 saturated carbocycles. The second kappa shape index (κ2) is 5.49. The van der Waals surface area contributed by atoms with Crippen LogP contribution in [0.2, 0.25) is 0 Å². The van der Waals surface area contributed by atoms with E-state index in [0.717, 1.165) is 32.4 Å². The number of hydrogen-bond donors (Lipinski definition) is 1. The second-order valence-electron chi connectivity index (χ2n) is 6.18. The summed E-state index contributed by atoms with van der Waals surface area (Å²) in [5, 5.41) is 3.37. The van der Waals surface area contributed by atoms with Crippen LogP contribution in [0.4, 0.5) is 0 Å². The van der Waals surface area contributed by atoms with Gasteiger partial charge in [-0.05, 0) is 25.3 Å². The van der Waals surface area contributed by atoms with Gasteiger partial charge >= 0.3 is 0 Å². The predicted molar refractivity (Wildman–Crippen MR) is 73.6 cm³/mol. The molecule has 2 fully saturated rings. The molecule has 108 valence electrons. The van der Waals surface area contributed by atoms with Gasteiger partial charge in [-0.1, -0.05) is 12.8 Å². The molecular weight excluding hydrogens is 242 g/mol. The fourth-order valence-electron chi connectivity index (χ4n) is 3.46. The highest BCUT2D eigenvalue weighted by Gasteiger charge is 2.50. The molecule has 2 amide bonds. The molecule has 2 atom stereocenters. The third-order valence-corrected chi connectivity index (χ3v) is 4.68. The summed E-state index contributed by atoms with van der Waals surface area (Å²) in [6, 6.07) is 0. The van der Waals surface area contributed by atoms with E-state index in [2.05, 4.69) is 5.32 Å². The normalized spacial score (nSPS) is 29.7. The Balaban J connectivity index is 2.07. The number of nitrogens with one attached hydrogen (secondary N) is 1. The minimum Gasteiger partial charge on any atom is -0.347 e. The summed E-state index contributed by atoms with van der Waals surface area (Å²) in [4.78, 5) is 27.7. The van der Waals surface area contributed by atoms with Crippen LogP contribution in [0.5, 0.6) is 0 Å². The first-order valence-corrected chi connectivity index (χ1v) is 7.14. The van der Waals surface area contributed by atoms with Crippen LogP contribution in [0.25, 0.3) is 0 Å². The Labute approximate surface area is 115 Å². The van der Waals surface area contributed by atoms with Crippen LogP contribution in [-0.2, 0) is 9.59 Å². The fraction of sp³-hybridized carbons (Fsp3) is 0.857. The van der Waals surface area contributed by atoms with Crippen molar-refractivity contribution >= 4 is 11.8 Å². The quantitative estimate of drug-likeness (QED) is 0.801. The zero-order chi connectivity index (χ0) is 14.0. The van der Waals surface area contributed by atoms with E-state index in [4.69, 9.17) is 0 Å². The van der Waals surface area contributed by atoms with Crippen molar-refractivity contribution in [2.24, 2.45) is 11.3 Å². The summed E-state index contributed by atoms with van der Waals surface area (Å²) in [5.41, 5.74) is -0.250. The lowest BCUT2D eigenvalue weighted by Gasteiger charge is -2.39. The molecule has 1 aliphatic carbocycles. The monoisotopic (exact) mass is 267 g/mol. The molecule has 0 unspecified atom stereocenters. The van der Waals surface area contributed by atoms with E-state index in [0.29, 0.717) is 5.92 Å². The van der Waals surface area contributed by atoms with Gasteiger partial charge in [0.05, 0.1) is 12.0 Å². The lowest BCUT2D eigenvalue weighted by atomic mass is 9.67. The van der Waals surface area contributed by atoms with E-state index in [1.54, 1.807) is 26.0 Å². The van der Waals surface area contributed by atoms with Gasteiger partial charge in [0, 0.05) is 27.7 Å². The molecule has 1 N–H and O–H groups in total. The maximum Gasteiger partial charge on any atom is 0.241 e. The average Bonchev–Trinajstić information content (AvgIpc) is 2.82. The molecule has 2 rings (SSSR count). The van der Waals surface area contributed by atoms with Crippen LogP contribution >= 0.6 is 0 Å². The first-order chi connectivity index (χ1) is 8.97. The van der Waals surface area contributed by atoms with Crippen molar-refractivity contribution in [2.45, 2.75) is 25.7 Å². The number of likely N-dealkylation sites (N-methyl/N-ethyl adjacent to an activating group) is 2. The van der Waals surface area contributed by atoms with Crippen molar-refractivity contribution in [3.8, 4) is 0 Å². The molecule has 1 heterocycles. The van der Waals surface area contributed by atoms with Gasteiger partial charge in [0.25, 0.3) is 0 Å². The van der Waals surface area contributed by atoms with E-state index in [-0.39, 0.29) is 23.8 Å². The molecule has 0 aromatic carbocycles. The lowest BCUT2D eigenvalue weighted by molar-refractivity contribution is -0.147. The minimum atomic E-state index is -0.250. The van der Waals surface area contributed by atoms with Crippen molar-refractivity contribution < 1.29 is 9.59 Å². The third-order valence-electron chi connectivity index (χ3n) is 4.68. The van der Waals surface area contributed by atoms with Crippen molar-refractivity contribution in [1.82, 2.24) is 15.1 Å². The molecular formula is C14H25N3O2. The Morgan fingerprint density at radius 2 is 2.00 bits per heavy atom. The Hall–Kier alpha value is -1.10. The van der Waals surface area contributed by atoms with Gasteiger partial charge in [-0.15, -0.1) is 0 Å². The van der Waals surface area contributed by atoms with Gasteiger partial charge < -0.3 is 15.1 Å². The summed E-state index contributed by atoms with van der Waals surface area (Å²) in [6.07, 6.45) is 4.44. The van der Waals surface area contributed by atoms with Crippen LogP contribution < -0.4 is 5.32 Å². The first-order valence-electron chi connectivity index (χ1n) is 7.14. The molecule has 0 spiro atoms. The van der Waals surface area contributed by atoms with Gasteiger partial charge in [0.1, 0.15) is 0 Å². The number of amides is 2. The average molecular weight is 267 g/mol. The SMILES string of the molecule is CN(C)C(=O)CN(C)C(=O)[C@@]12CCCC[C@H]1CNC2. The number of nitrogens with zero attached hydrogens (tertiary/aromatic N) is 2. The topological polar surface area (TPSA) is 52.7 Å². The number of fused-ring (bicyclic) bond motifs is 1. The van der Waals surface area contributed by atoms with Crippen LogP contribution in [0.1, 0.15) is 25.7 Å². The van der Waals surface area contributed by atoms with Crippen molar-refractivity contribution in [3.63, 3.8) is 0 Å². The third kappa shape index (κ3) is 2.61. The Bertz CT molecular complexity index is 370. The van der Waals surface area contributed by atoms with E-state index >= 15 is 0 Å². The van der Waals surface area contributed by atoms with Gasteiger partial charge in [-0.2, -0.15) is 0 Å². The Morgan fingerprint density at radius 1 is 1.26 bits per heavy atom. The van der Waals surface area contributed by atoms with Gasteiger partial charge in [-0.25, -0.2) is 0 Å². The maximum atomic E-state index is 12.8. The molecule has 19 heavy (non-hydrogen) atoms. The summed E-state index contributed by atoms with van der Waals surface area (Å²) >= 11 is 0. The smallest absolute Gasteiger partial charge is 0.241 e. The molecule has 0 radical (unpaired) electrons. The van der Waals surface area contributed by atoms with Crippen molar-refractivity contribution in [1.29, 1.82) is 0 Å². The predicted octanol–water partition coefficient (Wildman–Crippen LogP) is 0.313. The van der Waals surface area contributed by atoms with Gasteiger partial charge in [-0.3, -0.25) is 9.59 Å².